The normalized spacial score (nSPS) is 16.4. The van der Waals surface area contributed by atoms with E-state index in [2.05, 4.69) is 30.6 Å². The van der Waals surface area contributed by atoms with Crippen LogP contribution in [0.1, 0.15) is 39.9 Å². The second kappa shape index (κ2) is 7.95. The summed E-state index contributed by atoms with van der Waals surface area (Å²) in [4.78, 5) is 23.7. The molecule has 4 heterocycles. The number of H-pyrrole nitrogens is 1. The van der Waals surface area contributed by atoms with Gasteiger partial charge in [0, 0.05) is 19.3 Å². The average molecular weight is 413 g/mol. The molecule has 2 N–H and O–H groups in total. The van der Waals surface area contributed by atoms with Crippen molar-refractivity contribution >= 4 is 28.4 Å². The first-order valence-corrected chi connectivity index (χ1v) is 9.77. The van der Waals surface area contributed by atoms with Crippen molar-refractivity contribution in [3.63, 3.8) is 0 Å². The molecule has 29 heavy (non-hydrogen) atoms. The number of carbonyl (C=O) groups is 1. The molecule has 150 valence electrons. The van der Waals surface area contributed by atoms with Gasteiger partial charge in [0.2, 0.25) is 5.88 Å². The Bertz CT molecular complexity index is 1050. The van der Waals surface area contributed by atoms with Crippen molar-refractivity contribution in [2.75, 3.05) is 19.0 Å². The molecule has 0 radical (unpaired) electrons. The van der Waals surface area contributed by atoms with Crippen molar-refractivity contribution in [3.05, 3.63) is 59.4 Å². The maximum absolute atomic E-state index is 12.3. The van der Waals surface area contributed by atoms with Crippen LogP contribution in [0.25, 0.3) is 4.91 Å². The van der Waals surface area contributed by atoms with Gasteiger partial charge in [0.05, 0.1) is 6.61 Å². The zero-order valence-corrected chi connectivity index (χ0v) is 16.9. The summed E-state index contributed by atoms with van der Waals surface area (Å²) in [5.74, 6) is 1.98. The van der Waals surface area contributed by atoms with Crippen LogP contribution in [0.5, 0.6) is 0 Å². The molecule has 0 bridgehead atoms. The van der Waals surface area contributed by atoms with Gasteiger partial charge in [-0.2, -0.15) is 5.10 Å². The Hall–Kier alpha value is -3.34. The summed E-state index contributed by atoms with van der Waals surface area (Å²) in [6.45, 7) is 4.19. The van der Waals surface area contributed by atoms with Gasteiger partial charge < -0.3 is 19.5 Å². The highest BCUT2D eigenvalue weighted by atomic mass is 32.2. The van der Waals surface area contributed by atoms with Gasteiger partial charge in [0.1, 0.15) is 28.2 Å². The SMILES string of the molecule is CCOC1=C(c2ncn[nH]2)SC(c2ccnc(NC(=O)c3cc(C)on3)c2)N1C. The Balaban J connectivity index is 1.56. The van der Waals surface area contributed by atoms with Crippen molar-refractivity contribution in [2.45, 2.75) is 19.2 Å². The maximum Gasteiger partial charge on any atom is 0.279 e. The van der Waals surface area contributed by atoms with Crippen LogP contribution in [-0.4, -0.2) is 49.8 Å². The molecule has 1 unspecified atom stereocenters. The fourth-order valence-electron chi connectivity index (χ4n) is 2.90. The smallest absolute Gasteiger partial charge is 0.279 e. The molecule has 3 aromatic rings. The van der Waals surface area contributed by atoms with Gasteiger partial charge in [0.25, 0.3) is 5.91 Å². The Morgan fingerprint density at radius 1 is 1.41 bits per heavy atom. The number of hydrogen-bond acceptors (Lipinski definition) is 9. The van der Waals surface area contributed by atoms with E-state index in [1.54, 1.807) is 30.9 Å². The molecule has 1 amide bonds. The van der Waals surface area contributed by atoms with E-state index in [1.165, 1.54) is 6.33 Å². The number of pyridine rings is 1. The van der Waals surface area contributed by atoms with Crippen molar-refractivity contribution < 1.29 is 14.1 Å². The highest BCUT2D eigenvalue weighted by molar-refractivity contribution is 8.08. The standard InChI is InChI=1S/C18H19N7O3S/c1-4-27-17-14(15-20-9-21-23-15)29-18(25(17)3)11-5-6-19-13(8-11)22-16(26)12-7-10(2)28-24-12/h5-9,18H,4H2,1-3H3,(H,19,22,26)(H,20,21,23). The molecule has 1 atom stereocenters. The highest BCUT2D eigenvalue weighted by Gasteiger charge is 2.35. The van der Waals surface area contributed by atoms with Crippen molar-refractivity contribution in [3.8, 4) is 0 Å². The fraction of sp³-hybridized carbons (Fsp3) is 0.278. The number of amides is 1. The molecular formula is C18H19N7O3S. The predicted molar refractivity (Wildman–Crippen MR) is 106 cm³/mol. The van der Waals surface area contributed by atoms with Crippen LogP contribution in [-0.2, 0) is 4.74 Å². The predicted octanol–water partition coefficient (Wildman–Crippen LogP) is 2.79. The van der Waals surface area contributed by atoms with Gasteiger partial charge in [-0.05, 0) is 31.5 Å². The Kier molecular flexibility index (Phi) is 5.21. The van der Waals surface area contributed by atoms with E-state index in [0.29, 0.717) is 24.0 Å². The van der Waals surface area contributed by atoms with Crippen molar-refractivity contribution in [1.82, 2.24) is 30.2 Å². The van der Waals surface area contributed by atoms with E-state index in [9.17, 15) is 4.79 Å². The van der Waals surface area contributed by atoms with Gasteiger partial charge >= 0.3 is 0 Å². The number of nitrogens with zero attached hydrogens (tertiary/aromatic N) is 5. The largest absolute Gasteiger partial charge is 0.478 e. The topological polar surface area (TPSA) is 122 Å². The van der Waals surface area contributed by atoms with Crippen molar-refractivity contribution in [1.29, 1.82) is 0 Å². The Labute approximate surface area is 170 Å². The molecule has 3 aromatic heterocycles. The van der Waals surface area contributed by atoms with Gasteiger partial charge in [0.15, 0.2) is 11.5 Å². The third-order valence-corrected chi connectivity index (χ3v) is 5.59. The number of aromatic nitrogens is 5. The summed E-state index contributed by atoms with van der Waals surface area (Å²) in [6, 6.07) is 5.30. The zero-order chi connectivity index (χ0) is 20.4. The second-order valence-corrected chi connectivity index (χ2v) is 7.32. The van der Waals surface area contributed by atoms with Crippen LogP contribution in [0.2, 0.25) is 0 Å². The van der Waals surface area contributed by atoms with E-state index in [1.807, 2.05) is 31.0 Å². The molecule has 0 aromatic carbocycles. The summed E-state index contributed by atoms with van der Waals surface area (Å²) >= 11 is 1.58. The first kappa shape index (κ1) is 19.0. The molecule has 1 aliphatic rings. The quantitative estimate of drug-likeness (QED) is 0.628. The molecule has 1 aliphatic heterocycles. The first-order chi connectivity index (χ1) is 14.1. The Morgan fingerprint density at radius 2 is 2.28 bits per heavy atom. The minimum atomic E-state index is -0.380. The zero-order valence-electron chi connectivity index (χ0n) is 16.0. The molecule has 0 saturated heterocycles. The highest BCUT2D eigenvalue weighted by Crippen LogP contribution is 2.50. The molecular weight excluding hydrogens is 394 g/mol. The molecule has 0 aliphatic carbocycles. The lowest BCUT2D eigenvalue weighted by Gasteiger charge is -2.24. The lowest BCUT2D eigenvalue weighted by atomic mass is 10.2. The molecule has 0 fully saturated rings. The summed E-state index contributed by atoms with van der Waals surface area (Å²) in [5.41, 5.74) is 1.15. The van der Waals surface area contributed by atoms with E-state index in [4.69, 9.17) is 9.26 Å². The fourth-order valence-corrected chi connectivity index (χ4v) is 4.17. The molecule has 10 nitrogen and oxygen atoms in total. The third kappa shape index (κ3) is 3.81. The number of rotatable bonds is 6. The average Bonchev–Trinajstić information content (AvgIpc) is 3.44. The molecule has 11 heteroatoms. The van der Waals surface area contributed by atoms with E-state index < -0.39 is 0 Å². The van der Waals surface area contributed by atoms with Gasteiger partial charge in [-0.15, -0.1) is 0 Å². The van der Waals surface area contributed by atoms with Gasteiger partial charge in [-0.3, -0.25) is 9.89 Å². The number of aromatic amines is 1. The minimum absolute atomic E-state index is 0.0791. The number of anilines is 1. The number of nitrogens with one attached hydrogen (secondary N) is 2. The Morgan fingerprint density at radius 3 is 2.97 bits per heavy atom. The monoisotopic (exact) mass is 413 g/mol. The lowest BCUT2D eigenvalue weighted by molar-refractivity contribution is 0.101. The number of thioether (sulfide) groups is 1. The van der Waals surface area contributed by atoms with Crippen LogP contribution >= 0.6 is 11.8 Å². The number of ether oxygens (including phenoxy) is 1. The summed E-state index contributed by atoms with van der Waals surface area (Å²) in [7, 11) is 1.95. The van der Waals surface area contributed by atoms with Gasteiger partial charge in [-0.1, -0.05) is 16.9 Å². The number of hydrogen-bond donors (Lipinski definition) is 2. The van der Waals surface area contributed by atoms with Crippen LogP contribution in [0.15, 0.2) is 41.1 Å². The minimum Gasteiger partial charge on any atom is -0.478 e. The second-order valence-electron chi connectivity index (χ2n) is 6.23. The van der Waals surface area contributed by atoms with Crippen molar-refractivity contribution in [2.24, 2.45) is 0 Å². The number of aryl methyl sites for hydroxylation is 1. The van der Waals surface area contributed by atoms with Crippen LogP contribution < -0.4 is 5.32 Å². The van der Waals surface area contributed by atoms with E-state index in [0.717, 1.165) is 16.4 Å². The van der Waals surface area contributed by atoms with Crippen LogP contribution in [0.4, 0.5) is 5.82 Å². The third-order valence-electron chi connectivity index (χ3n) is 4.18. The van der Waals surface area contributed by atoms with E-state index in [-0.39, 0.29) is 17.0 Å². The van der Waals surface area contributed by atoms with Crippen LogP contribution in [0.3, 0.4) is 0 Å². The lowest BCUT2D eigenvalue weighted by Crippen LogP contribution is -2.20. The first-order valence-electron chi connectivity index (χ1n) is 8.89. The van der Waals surface area contributed by atoms with Gasteiger partial charge in [-0.25, -0.2) is 9.97 Å². The molecule has 0 saturated carbocycles. The number of carbonyl (C=O) groups excluding carboxylic acids is 1. The van der Waals surface area contributed by atoms with E-state index >= 15 is 0 Å². The summed E-state index contributed by atoms with van der Waals surface area (Å²) < 4.78 is 10.8. The summed E-state index contributed by atoms with van der Waals surface area (Å²) in [6.07, 6.45) is 3.12. The maximum atomic E-state index is 12.3. The molecule has 0 spiro atoms. The molecule has 4 rings (SSSR count). The summed E-state index contributed by atoms with van der Waals surface area (Å²) in [5, 5.41) is 13.2. The van der Waals surface area contributed by atoms with Crippen LogP contribution in [0, 0.1) is 6.92 Å².